The summed E-state index contributed by atoms with van der Waals surface area (Å²) < 4.78 is 0. The quantitative estimate of drug-likeness (QED) is 0.935. The summed E-state index contributed by atoms with van der Waals surface area (Å²) in [6.07, 6.45) is 5.53. The Morgan fingerprint density at radius 2 is 2.05 bits per heavy atom. The van der Waals surface area contributed by atoms with Crippen LogP contribution in [0.2, 0.25) is 0 Å². The monoisotopic (exact) mass is 288 g/mol. The van der Waals surface area contributed by atoms with Gasteiger partial charge in [0, 0.05) is 28.9 Å². The van der Waals surface area contributed by atoms with Crippen molar-refractivity contribution in [3.8, 4) is 0 Å². The maximum atomic E-state index is 4.40. The van der Waals surface area contributed by atoms with Gasteiger partial charge in [0.2, 0.25) is 0 Å². The van der Waals surface area contributed by atoms with E-state index in [9.17, 15) is 0 Å². The largest absolute Gasteiger partial charge is 0.365 e. The zero-order chi connectivity index (χ0) is 13.8. The molecule has 1 aliphatic heterocycles. The number of rotatable bonds is 4. The van der Waals surface area contributed by atoms with Crippen molar-refractivity contribution in [2.24, 2.45) is 0 Å². The molecule has 1 aliphatic rings. The molecule has 0 radical (unpaired) electrons. The number of hydrogen-bond acceptors (Lipinski definition) is 5. The van der Waals surface area contributed by atoms with E-state index in [1.54, 1.807) is 6.33 Å². The van der Waals surface area contributed by atoms with Crippen LogP contribution in [0.3, 0.4) is 0 Å². The Labute approximate surface area is 123 Å². The fraction of sp³-hybridized carbons (Fsp3) is 0.467. The molecule has 1 fully saturated rings. The molecule has 0 aromatic carbocycles. The fourth-order valence-corrected chi connectivity index (χ4v) is 3.33. The van der Waals surface area contributed by atoms with Crippen molar-refractivity contribution < 1.29 is 0 Å². The van der Waals surface area contributed by atoms with Gasteiger partial charge in [-0.2, -0.15) is 0 Å². The van der Waals surface area contributed by atoms with Crippen LogP contribution in [0.4, 0.5) is 11.6 Å². The molecule has 5 heteroatoms. The van der Waals surface area contributed by atoms with Gasteiger partial charge in [0.15, 0.2) is 0 Å². The lowest BCUT2D eigenvalue weighted by Crippen LogP contribution is -2.30. The number of anilines is 2. The third-order valence-corrected chi connectivity index (χ3v) is 4.57. The molecule has 2 aromatic rings. The molecule has 106 valence electrons. The molecule has 1 N–H and O–H groups in total. The standard InChI is InChI=1S/C15H20N4S/c1-12-5-6-13(20-12)10-16-14-9-15(18-11-17-14)19-7-3-2-4-8-19/h5-6,9,11H,2-4,7-8,10H2,1H3,(H,16,17,18). The molecule has 3 rings (SSSR count). The van der Waals surface area contributed by atoms with Gasteiger partial charge in [-0.15, -0.1) is 11.3 Å². The first-order chi connectivity index (χ1) is 9.81. The maximum Gasteiger partial charge on any atom is 0.134 e. The van der Waals surface area contributed by atoms with Gasteiger partial charge in [0.25, 0.3) is 0 Å². The number of aryl methyl sites for hydroxylation is 1. The number of hydrogen-bond donors (Lipinski definition) is 1. The number of thiophene rings is 1. The van der Waals surface area contributed by atoms with Crippen molar-refractivity contribution in [3.63, 3.8) is 0 Å². The first kappa shape index (κ1) is 13.4. The minimum Gasteiger partial charge on any atom is -0.365 e. The normalized spacial score (nSPS) is 15.3. The first-order valence-corrected chi connectivity index (χ1v) is 7.99. The van der Waals surface area contributed by atoms with E-state index in [1.807, 2.05) is 11.3 Å². The maximum absolute atomic E-state index is 4.40. The SMILES string of the molecule is Cc1ccc(CNc2cc(N3CCCCC3)ncn2)s1. The van der Waals surface area contributed by atoms with E-state index in [4.69, 9.17) is 0 Å². The van der Waals surface area contributed by atoms with Gasteiger partial charge in [-0.1, -0.05) is 0 Å². The highest BCUT2D eigenvalue weighted by molar-refractivity contribution is 7.11. The van der Waals surface area contributed by atoms with Crippen LogP contribution in [0.25, 0.3) is 0 Å². The topological polar surface area (TPSA) is 41.0 Å². The van der Waals surface area contributed by atoms with Gasteiger partial charge < -0.3 is 10.2 Å². The fourth-order valence-electron chi connectivity index (χ4n) is 2.50. The van der Waals surface area contributed by atoms with Gasteiger partial charge in [-0.05, 0) is 38.3 Å². The van der Waals surface area contributed by atoms with Crippen LogP contribution in [0, 0.1) is 6.92 Å². The molecule has 0 unspecified atom stereocenters. The second-order valence-corrected chi connectivity index (χ2v) is 6.55. The molecular weight excluding hydrogens is 268 g/mol. The van der Waals surface area contributed by atoms with E-state index in [0.29, 0.717) is 0 Å². The molecule has 0 bridgehead atoms. The molecule has 0 saturated carbocycles. The van der Waals surface area contributed by atoms with Gasteiger partial charge >= 0.3 is 0 Å². The highest BCUT2D eigenvalue weighted by atomic mass is 32.1. The summed E-state index contributed by atoms with van der Waals surface area (Å²) in [6, 6.07) is 6.38. The van der Waals surface area contributed by atoms with Gasteiger partial charge in [-0.25, -0.2) is 9.97 Å². The Balaban J connectivity index is 1.64. The summed E-state index contributed by atoms with van der Waals surface area (Å²) in [6.45, 7) is 5.18. The summed E-state index contributed by atoms with van der Waals surface area (Å²) >= 11 is 1.82. The number of aromatic nitrogens is 2. The Kier molecular flexibility index (Phi) is 4.16. The molecule has 4 nitrogen and oxygen atoms in total. The smallest absolute Gasteiger partial charge is 0.134 e. The van der Waals surface area contributed by atoms with Crippen LogP contribution < -0.4 is 10.2 Å². The predicted octanol–water partition coefficient (Wildman–Crippen LogP) is 3.45. The van der Waals surface area contributed by atoms with Crippen molar-refractivity contribution in [2.45, 2.75) is 32.7 Å². The molecule has 0 aliphatic carbocycles. The highest BCUT2D eigenvalue weighted by Gasteiger charge is 2.12. The van der Waals surface area contributed by atoms with Crippen LogP contribution in [0.5, 0.6) is 0 Å². The lowest BCUT2D eigenvalue weighted by Gasteiger charge is -2.27. The van der Waals surface area contributed by atoms with Crippen molar-refractivity contribution >= 4 is 23.0 Å². The summed E-state index contributed by atoms with van der Waals surface area (Å²) in [4.78, 5) is 13.7. The molecule has 0 spiro atoms. The zero-order valence-electron chi connectivity index (χ0n) is 11.8. The van der Waals surface area contributed by atoms with Gasteiger partial charge in [-0.3, -0.25) is 0 Å². The first-order valence-electron chi connectivity index (χ1n) is 7.17. The predicted molar refractivity (Wildman–Crippen MR) is 84.5 cm³/mol. The van der Waals surface area contributed by atoms with E-state index in [0.717, 1.165) is 31.3 Å². The summed E-state index contributed by atoms with van der Waals surface area (Å²) in [5.41, 5.74) is 0. The highest BCUT2D eigenvalue weighted by Crippen LogP contribution is 2.20. The number of piperidine rings is 1. The van der Waals surface area contributed by atoms with Crippen LogP contribution in [-0.2, 0) is 6.54 Å². The third kappa shape index (κ3) is 3.28. The zero-order valence-corrected chi connectivity index (χ0v) is 12.6. The lowest BCUT2D eigenvalue weighted by atomic mass is 10.1. The average Bonchev–Trinajstić information content (AvgIpc) is 2.92. The molecule has 2 aromatic heterocycles. The van der Waals surface area contributed by atoms with Crippen molar-refractivity contribution in [2.75, 3.05) is 23.3 Å². The molecule has 0 atom stereocenters. The van der Waals surface area contributed by atoms with Crippen molar-refractivity contribution in [3.05, 3.63) is 34.3 Å². The second kappa shape index (κ2) is 6.22. The van der Waals surface area contributed by atoms with E-state index in [2.05, 4.69) is 45.3 Å². The minimum atomic E-state index is 0.828. The van der Waals surface area contributed by atoms with Crippen molar-refractivity contribution in [1.82, 2.24) is 9.97 Å². The minimum absolute atomic E-state index is 0.828. The Hall–Kier alpha value is -1.62. The molecular formula is C15H20N4S. The average molecular weight is 288 g/mol. The molecule has 1 saturated heterocycles. The number of nitrogens with one attached hydrogen (secondary N) is 1. The van der Waals surface area contributed by atoms with E-state index in [1.165, 1.54) is 29.0 Å². The van der Waals surface area contributed by atoms with E-state index < -0.39 is 0 Å². The summed E-state index contributed by atoms with van der Waals surface area (Å²) in [7, 11) is 0. The van der Waals surface area contributed by atoms with E-state index in [-0.39, 0.29) is 0 Å². The van der Waals surface area contributed by atoms with Crippen LogP contribution >= 0.6 is 11.3 Å². The lowest BCUT2D eigenvalue weighted by molar-refractivity contribution is 0.573. The van der Waals surface area contributed by atoms with Crippen molar-refractivity contribution in [1.29, 1.82) is 0 Å². The van der Waals surface area contributed by atoms with Crippen LogP contribution in [0.1, 0.15) is 29.0 Å². The summed E-state index contributed by atoms with van der Waals surface area (Å²) in [5, 5.41) is 3.39. The molecule has 20 heavy (non-hydrogen) atoms. The van der Waals surface area contributed by atoms with Crippen LogP contribution in [-0.4, -0.2) is 23.1 Å². The van der Waals surface area contributed by atoms with E-state index >= 15 is 0 Å². The Bertz CT molecular complexity index is 561. The number of nitrogens with zero attached hydrogens (tertiary/aromatic N) is 3. The van der Waals surface area contributed by atoms with Gasteiger partial charge in [0.1, 0.15) is 18.0 Å². The Morgan fingerprint density at radius 3 is 2.80 bits per heavy atom. The second-order valence-electron chi connectivity index (χ2n) is 5.18. The Morgan fingerprint density at radius 1 is 1.20 bits per heavy atom. The van der Waals surface area contributed by atoms with Crippen LogP contribution in [0.15, 0.2) is 24.5 Å². The summed E-state index contributed by atoms with van der Waals surface area (Å²) in [5.74, 6) is 1.95. The van der Waals surface area contributed by atoms with Gasteiger partial charge in [0.05, 0.1) is 6.54 Å². The molecule has 0 amide bonds. The third-order valence-electron chi connectivity index (χ3n) is 3.57. The molecule has 3 heterocycles.